The fraction of sp³-hybridized carbons (Fsp3) is 0.0909. The Morgan fingerprint density at radius 1 is 1.21 bits per heavy atom. The second-order valence-corrected chi connectivity index (χ2v) is 8.65. The fourth-order valence-electron chi connectivity index (χ4n) is 3.14. The molecule has 3 N–H and O–H groups in total. The van der Waals surface area contributed by atoms with Gasteiger partial charge in [0.25, 0.3) is 0 Å². The van der Waals surface area contributed by atoms with Crippen LogP contribution >= 0.6 is 39.7 Å². The van der Waals surface area contributed by atoms with E-state index in [1.54, 1.807) is 48.7 Å². The molecule has 0 saturated heterocycles. The van der Waals surface area contributed by atoms with Crippen LogP contribution in [0.25, 0.3) is 10.9 Å². The van der Waals surface area contributed by atoms with Crippen molar-refractivity contribution < 1.29 is 14.3 Å². The van der Waals surface area contributed by atoms with Gasteiger partial charge < -0.3 is 24.7 Å². The Labute approximate surface area is 207 Å². The minimum atomic E-state index is -0.321. The summed E-state index contributed by atoms with van der Waals surface area (Å²) >= 11 is 14.7. The molecule has 0 unspecified atom stereocenters. The molecule has 2 aromatic carbocycles. The lowest BCUT2D eigenvalue weighted by atomic mass is 10.2. The Hall–Kier alpha value is -3.21. The highest BCUT2D eigenvalue weighted by Gasteiger charge is 2.19. The van der Waals surface area contributed by atoms with Crippen molar-refractivity contribution in [2.75, 3.05) is 5.32 Å². The van der Waals surface area contributed by atoms with E-state index in [-0.39, 0.29) is 29.1 Å². The van der Waals surface area contributed by atoms with Crippen LogP contribution in [0, 0.1) is 0 Å². The van der Waals surface area contributed by atoms with Crippen LogP contribution in [0.15, 0.2) is 80.0 Å². The summed E-state index contributed by atoms with van der Waals surface area (Å²) in [5.74, 6) is 0.143. The van der Waals surface area contributed by atoms with E-state index >= 15 is 0 Å². The number of nitrogens with one attached hydrogen (secondary N) is 2. The van der Waals surface area contributed by atoms with Gasteiger partial charge in [-0.1, -0.05) is 27.5 Å². The van der Waals surface area contributed by atoms with E-state index in [2.05, 4.69) is 36.8 Å². The summed E-state index contributed by atoms with van der Waals surface area (Å²) in [4.78, 5) is 12.6. The number of amides is 1. The molecule has 4 aromatic rings. The zero-order valence-corrected chi connectivity index (χ0v) is 20.1. The second kappa shape index (κ2) is 10.2. The number of hydrogen-bond acceptors (Lipinski definition) is 5. The van der Waals surface area contributed by atoms with Gasteiger partial charge in [0.1, 0.15) is 12.3 Å². The quantitative estimate of drug-likeness (QED) is 0.199. The van der Waals surface area contributed by atoms with Gasteiger partial charge in [0, 0.05) is 20.6 Å². The SMILES string of the molecule is O=C(Cn1c(O)c(N=NC(=S)NCc2ccco2)c2cc(Cl)ccc21)Nc1ccc(Br)cc1. The van der Waals surface area contributed by atoms with Gasteiger partial charge in [0.15, 0.2) is 5.69 Å². The van der Waals surface area contributed by atoms with Gasteiger partial charge in [-0.2, -0.15) is 0 Å². The number of thiocarbonyl (C=S) groups is 1. The number of aromatic hydroxyl groups is 1. The smallest absolute Gasteiger partial charge is 0.244 e. The van der Waals surface area contributed by atoms with Crippen molar-refractivity contribution in [2.24, 2.45) is 10.2 Å². The van der Waals surface area contributed by atoms with Gasteiger partial charge >= 0.3 is 0 Å². The highest BCUT2D eigenvalue weighted by Crippen LogP contribution is 2.40. The Morgan fingerprint density at radius 3 is 2.73 bits per heavy atom. The number of hydrogen-bond donors (Lipinski definition) is 3. The first-order chi connectivity index (χ1) is 15.9. The minimum Gasteiger partial charge on any atom is -0.493 e. The van der Waals surface area contributed by atoms with Crippen molar-refractivity contribution in [3.63, 3.8) is 0 Å². The highest BCUT2D eigenvalue weighted by atomic mass is 79.9. The molecule has 33 heavy (non-hydrogen) atoms. The van der Waals surface area contributed by atoms with E-state index in [9.17, 15) is 9.90 Å². The molecule has 4 rings (SSSR count). The summed E-state index contributed by atoms with van der Waals surface area (Å²) in [6.45, 7) is 0.206. The van der Waals surface area contributed by atoms with Gasteiger partial charge in [-0.05, 0) is 66.8 Å². The van der Waals surface area contributed by atoms with Crippen LogP contribution in [-0.4, -0.2) is 20.7 Å². The van der Waals surface area contributed by atoms with Gasteiger partial charge in [0.05, 0.1) is 18.3 Å². The number of benzene rings is 2. The summed E-state index contributed by atoms with van der Waals surface area (Å²) in [7, 11) is 0. The van der Waals surface area contributed by atoms with Gasteiger partial charge in [-0.15, -0.1) is 10.2 Å². The Bertz CT molecular complexity index is 1340. The molecule has 2 aromatic heterocycles. The molecule has 0 aliphatic heterocycles. The molecule has 0 atom stereocenters. The van der Waals surface area contributed by atoms with Crippen LogP contribution in [0.4, 0.5) is 11.4 Å². The van der Waals surface area contributed by atoms with Crippen LogP contribution in [0.1, 0.15) is 5.76 Å². The van der Waals surface area contributed by atoms with Crippen LogP contribution < -0.4 is 10.6 Å². The summed E-state index contributed by atoms with van der Waals surface area (Å²) in [5, 5.41) is 25.8. The number of rotatable bonds is 6. The molecule has 2 heterocycles. The zero-order valence-electron chi connectivity index (χ0n) is 17.0. The van der Waals surface area contributed by atoms with Crippen molar-refractivity contribution in [1.29, 1.82) is 0 Å². The molecule has 0 aliphatic carbocycles. The molecule has 0 spiro atoms. The molecule has 11 heteroatoms. The van der Waals surface area contributed by atoms with E-state index in [4.69, 9.17) is 28.2 Å². The Balaban J connectivity index is 1.56. The number of fused-ring (bicyclic) bond motifs is 1. The summed E-state index contributed by atoms with van der Waals surface area (Å²) in [6, 6.07) is 15.8. The molecule has 0 aliphatic rings. The maximum absolute atomic E-state index is 12.6. The maximum atomic E-state index is 12.6. The summed E-state index contributed by atoms with van der Waals surface area (Å²) < 4.78 is 7.57. The number of azo groups is 1. The third-order valence-corrected chi connectivity index (χ3v) is 5.63. The molecule has 0 bridgehead atoms. The van der Waals surface area contributed by atoms with E-state index in [1.165, 1.54) is 4.57 Å². The lowest BCUT2D eigenvalue weighted by Gasteiger charge is -2.08. The van der Waals surface area contributed by atoms with Crippen molar-refractivity contribution in [3.05, 3.63) is 76.1 Å². The number of furan rings is 1. The molecular formula is C22H17BrClN5O3S. The van der Waals surface area contributed by atoms with E-state index in [0.29, 0.717) is 33.9 Å². The lowest BCUT2D eigenvalue weighted by molar-refractivity contribution is -0.116. The van der Waals surface area contributed by atoms with E-state index in [0.717, 1.165) is 4.47 Å². The first-order valence-corrected chi connectivity index (χ1v) is 11.3. The average Bonchev–Trinajstić information content (AvgIpc) is 3.39. The minimum absolute atomic E-state index is 0.113. The Morgan fingerprint density at radius 2 is 2.00 bits per heavy atom. The van der Waals surface area contributed by atoms with Crippen LogP contribution in [0.5, 0.6) is 5.88 Å². The third kappa shape index (κ3) is 5.59. The number of halogens is 2. The Kier molecular flexibility index (Phi) is 7.07. The summed E-state index contributed by atoms with van der Waals surface area (Å²) in [6.07, 6.45) is 1.56. The number of anilines is 1. The molecule has 1 amide bonds. The largest absolute Gasteiger partial charge is 0.493 e. The average molecular weight is 547 g/mol. The fourth-order valence-corrected chi connectivity index (χ4v) is 3.69. The lowest BCUT2D eigenvalue weighted by Crippen LogP contribution is -2.18. The molecule has 0 fully saturated rings. The predicted molar refractivity (Wildman–Crippen MR) is 134 cm³/mol. The van der Waals surface area contributed by atoms with E-state index < -0.39 is 0 Å². The van der Waals surface area contributed by atoms with Crippen molar-refractivity contribution in [1.82, 2.24) is 9.88 Å². The molecule has 8 nitrogen and oxygen atoms in total. The maximum Gasteiger partial charge on any atom is 0.244 e. The number of carbonyl (C=O) groups is 1. The third-order valence-electron chi connectivity index (χ3n) is 4.64. The predicted octanol–water partition coefficient (Wildman–Crippen LogP) is 6.15. The number of nitrogens with zero attached hydrogens (tertiary/aromatic N) is 3. The monoisotopic (exact) mass is 545 g/mol. The molecule has 0 radical (unpaired) electrons. The van der Waals surface area contributed by atoms with E-state index in [1.807, 2.05) is 12.1 Å². The number of carbonyl (C=O) groups excluding carboxylic acids is 1. The van der Waals surface area contributed by atoms with Crippen molar-refractivity contribution in [3.8, 4) is 5.88 Å². The van der Waals surface area contributed by atoms with Crippen LogP contribution in [0.2, 0.25) is 5.02 Å². The second-order valence-electron chi connectivity index (χ2n) is 6.91. The standard InChI is InChI=1S/C22H17BrClN5O3S/c23-13-3-6-15(7-4-13)26-19(30)12-29-18-8-5-14(24)10-17(18)20(21(29)31)27-28-22(33)25-11-16-2-1-9-32-16/h1-10,31H,11-12H2,(H,25,33)(H,26,30). The van der Waals surface area contributed by atoms with Gasteiger partial charge in [-0.25, -0.2) is 0 Å². The van der Waals surface area contributed by atoms with Crippen LogP contribution in [0.3, 0.4) is 0 Å². The van der Waals surface area contributed by atoms with Gasteiger partial charge in [-0.3, -0.25) is 4.79 Å². The summed E-state index contributed by atoms with van der Waals surface area (Å²) in [5.41, 5.74) is 1.37. The zero-order chi connectivity index (χ0) is 23.4. The first kappa shape index (κ1) is 23.0. The highest BCUT2D eigenvalue weighted by molar-refractivity contribution is 9.10. The number of aromatic nitrogens is 1. The topological polar surface area (TPSA) is 104 Å². The van der Waals surface area contributed by atoms with Crippen LogP contribution in [-0.2, 0) is 17.9 Å². The molecule has 0 saturated carbocycles. The first-order valence-electron chi connectivity index (χ1n) is 9.69. The molecular weight excluding hydrogens is 530 g/mol. The van der Waals surface area contributed by atoms with Crippen molar-refractivity contribution >= 4 is 73.0 Å². The van der Waals surface area contributed by atoms with Gasteiger partial charge in [0.2, 0.25) is 16.9 Å². The van der Waals surface area contributed by atoms with Crippen molar-refractivity contribution in [2.45, 2.75) is 13.1 Å². The molecule has 168 valence electrons. The normalized spacial score (nSPS) is 11.2.